The van der Waals surface area contributed by atoms with Crippen molar-refractivity contribution in [2.24, 2.45) is 4.99 Å². The monoisotopic (exact) mass is 574 g/mol. The van der Waals surface area contributed by atoms with Crippen molar-refractivity contribution in [2.45, 2.75) is 19.9 Å². The van der Waals surface area contributed by atoms with Gasteiger partial charge in [0.1, 0.15) is 0 Å². The number of nitro groups is 1. The highest BCUT2D eigenvalue weighted by atomic mass is 32.1. The molecule has 11 nitrogen and oxygen atoms in total. The fourth-order valence-electron chi connectivity index (χ4n) is 4.75. The van der Waals surface area contributed by atoms with Crippen LogP contribution in [0.25, 0.3) is 11.8 Å². The summed E-state index contributed by atoms with van der Waals surface area (Å²) >= 11 is 1.20. The molecular formula is C29H26N4O7S. The number of aromatic nitrogens is 2. The number of ether oxygens (including phenoxy) is 3. The van der Waals surface area contributed by atoms with Crippen molar-refractivity contribution in [1.29, 1.82) is 0 Å². The van der Waals surface area contributed by atoms with Gasteiger partial charge in [0.25, 0.3) is 11.2 Å². The number of allylic oxidation sites excluding steroid dienone is 1. The van der Waals surface area contributed by atoms with E-state index in [1.54, 1.807) is 56.5 Å². The molecule has 12 heteroatoms. The van der Waals surface area contributed by atoms with E-state index in [0.29, 0.717) is 43.5 Å². The first-order chi connectivity index (χ1) is 19.8. The molecule has 41 heavy (non-hydrogen) atoms. The lowest BCUT2D eigenvalue weighted by Crippen LogP contribution is -2.40. The van der Waals surface area contributed by atoms with Gasteiger partial charge in [-0.3, -0.25) is 19.5 Å². The van der Waals surface area contributed by atoms with Gasteiger partial charge in [-0.25, -0.2) is 9.79 Å². The molecule has 0 saturated heterocycles. The van der Waals surface area contributed by atoms with Crippen LogP contribution < -0.4 is 24.4 Å². The molecule has 5 rings (SSSR count). The van der Waals surface area contributed by atoms with Gasteiger partial charge in [0.15, 0.2) is 16.3 Å². The molecule has 1 atom stereocenters. The van der Waals surface area contributed by atoms with Crippen LogP contribution in [0.4, 0.5) is 5.69 Å². The molecule has 4 aromatic rings. The average molecular weight is 575 g/mol. The summed E-state index contributed by atoms with van der Waals surface area (Å²) < 4.78 is 20.0. The van der Waals surface area contributed by atoms with Gasteiger partial charge in [-0.1, -0.05) is 17.4 Å². The first kappa shape index (κ1) is 27.6. The van der Waals surface area contributed by atoms with Crippen LogP contribution >= 0.6 is 11.3 Å². The normalized spacial score (nSPS) is 14.8. The minimum absolute atomic E-state index is 0.0151. The highest BCUT2D eigenvalue weighted by molar-refractivity contribution is 7.07. The maximum absolute atomic E-state index is 14.0. The van der Waals surface area contributed by atoms with E-state index in [-0.39, 0.29) is 23.4 Å². The Bertz CT molecular complexity index is 1870. The summed E-state index contributed by atoms with van der Waals surface area (Å²) in [6.45, 7) is 3.60. The lowest BCUT2D eigenvalue weighted by Gasteiger charge is -2.25. The molecule has 2 aromatic heterocycles. The minimum atomic E-state index is -0.811. The number of carbonyl (C=O) groups is 1. The molecule has 3 heterocycles. The average Bonchev–Trinajstić information content (AvgIpc) is 3.55. The number of esters is 1. The van der Waals surface area contributed by atoms with Gasteiger partial charge >= 0.3 is 5.97 Å². The largest absolute Gasteiger partial charge is 0.493 e. The van der Waals surface area contributed by atoms with Crippen molar-refractivity contribution in [1.82, 2.24) is 9.13 Å². The van der Waals surface area contributed by atoms with Crippen LogP contribution in [-0.4, -0.2) is 40.9 Å². The molecule has 1 aliphatic rings. The number of methoxy groups -OCH3 is 2. The first-order valence-electron chi connectivity index (χ1n) is 12.6. The number of benzene rings is 2. The van der Waals surface area contributed by atoms with E-state index in [2.05, 4.69) is 4.99 Å². The van der Waals surface area contributed by atoms with Gasteiger partial charge in [0.2, 0.25) is 0 Å². The maximum atomic E-state index is 14.0. The SMILES string of the molecule is CCOC(=O)C1=C(C)N=c2s/c(=C\c3cccn3-c3ccc([N+](=O)[O-])cc3)c(=O)n2[C@@H]1c1ccc(OC)c(OC)c1. The van der Waals surface area contributed by atoms with E-state index in [9.17, 15) is 19.7 Å². The third-order valence-electron chi connectivity index (χ3n) is 6.64. The number of nitro benzene ring substituents is 1. The van der Waals surface area contributed by atoms with Crippen molar-refractivity contribution in [3.8, 4) is 17.2 Å². The molecule has 0 fully saturated rings. The minimum Gasteiger partial charge on any atom is -0.493 e. The van der Waals surface area contributed by atoms with E-state index < -0.39 is 16.9 Å². The summed E-state index contributed by atoms with van der Waals surface area (Å²) in [5, 5.41) is 11.1. The highest BCUT2D eigenvalue weighted by Crippen LogP contribution is 2.36. The highest BCUT2D eigenvalue weighted by Gasteiger charge is 2.34. The number of non-ortho nitro benzene ring substituents is 1. The van der Waals surface area contributed by atoms with E-state index in [4.69, 9.17) is 14.2 Å². The molecule has 0 aliphatic carbocycles. The molecule has 0 radical (unpaired) electrons. The zero-order chi connectivity index (χ0) is 29.3. The summed E-state index contributed by atoms with van der Waals surface area (Å²) in [7, 11) is 3.04. The fourth-order valence-corrected chi connectivity index (χ4v) is 5.78. The van der Waals surface area contributed by atoms with Gasteiger partial charge in [-0.15, -0.1) is 0 Å². The summed E-state index contributed by atoms with van der Waals surface area (Å²) in [6, 6.07) is 14.2. The Morgan fingerprint density at radius 1 is 1.12 bits per heavy atom. The van der Waals surface area contributed by atoms with Gasteiger partial charge in [0.05, 0.1) is 47.6 Å². The van der Waals surface area contributed by atoms with Crippen molar-refractivity contribution in [3.05, 3.63) is 113 Å². The molecular weight excluding hydrogens is 548 g/mol. The Labute approximate surface area is 238 Å². The third kappa shape index (κ3) is 5.05. The van der Waals surface area contributed by atoms with E-state index in [0.717, 1.165) is 0 Å². The molecule has 0 amide bonds. The zero-order valence-corrected chi connectivity index (χ0v) is 23.5. The molecule has 0 N–H and O–H groups in total. The second-order valence-electron chi connectivity index (χ2n) is 8.99. The lowest BCUT2D eigenvalue weighted by molar-refractivity contribution is -0.384. The molecule has 0 saturated carbocycles. The van der Waals surface area contributed by atoms with Crippen molar-refractivity contribution in [2.75, 3.05) is 20.8 Å². The molecule has 210 valence electrons. The van der Waals surface area contributed by atoms with Crippen LogP contribution in [0.5, 0.6) is 11.5 Å². The van der Waals surface area contributed by atoms with Crippen LogP contribution in [0, 0.1) is 10.1 Å². The van der Waals surface area contributed by atoms with E-state index in [1.165, 1.54) is 42.3 Å². The standard InChI is InChI=1S/C29H26N4O7S/c1-5-40-28(35)25-17(2)30-29-32(26(25)18-8-13-22(38-3)23(15-18)39-4)27(34)24(41-29)16-21-7-6-14-31(21)19-9-11-20(12-10-19)33(36)37/h6-16,26H,5H2,1-4H3/b24-16-/t26-/m1/s1. The van der Waals surface area contributed by atoms with Crippen LogP contribution in [-0.2, 0) is 9.53 Å². The number of hydrogen-bond acceptors (Lipinski definition) is 9. The molecule has 1 aliphatic heterocycles. The third-order valence-corrected chi connectivity index (χ3v) is 7.62. The summed E-state index contributed by atoms with van der Waals surface area (Å²) in [5.41, 5.74) is 2.37. The summed E-state index contributed by atoms with van der Waals surface area (Å²) in [6.07, 6.45) is 3.54. The predicted octanol–water partition coefficient (Wildman–Crippen LogP) is 3.51. The summed E-state index contributed by atoms with van der Waals surface area (Å²) in [5.74, 6) is 0.398. The Morgan fingerprint density at radius 3 is 2.51 bits per heavy atom. The molecule has 2 aromatic carbocycles. The van der Waals surface area contributed by atoms with Crippen molar-refractivity contribution < 1.29 is 23.9 Å². The number of nitrogens with zero attached hydrogens (tertiary/aromatic N) is 4. The molecule has 0 bridgehead atoms. The van der Waals surface area contributed by atoms with Crippen LogP contribution in [0.1, 0.15) is 31.1 Å². The van der Waals surface area contributed by atoms with E-state index >= 15 is 0 Å². The van der Waals surface area contributed by atoms with Crippen LogP contribution in [0.2, 0.25) is 0 Å². The molecule has 0 unspecified atom stereocenters. The van der Waals surface area contributed by atoms with Gasteiger partial charge < -0.3 is 18.8 Å². The second-order valence-corrected chi connectivity index (χ2v) is 10.0. The Balaban J connectivity index is 1.68. The zero-order valence-electron chi connectivity index (χ0n) is 22.7. The topological polar surface area (TPSA) is 127 Å². The number of hydrogen-bond donors (Lipinski definition) is 0. The molecule has 0 spiro atoms. The van der Waals surface area contributed by atoms with Crippen molar-refractivity contribution in [3.63, 3.8) is 0 Å². The Morgan fingerprint density at radius 2 is 1.85 bits per heavy atom. The first-order valence-corrected chi connectivity index (χ1v) is 13.4. The Kier molecular flexibility index (Phi) is 7.58. The van der Waals surface area contributed by atoms with Crippen LogP contribution in [0.3, 0.4) is 0 Å². The lowest BCUT2D eigenvalue weighted by atomic mass is 9.95. The van der Waals surface area contributed by atoms with Gasteiger partial charge in [-0.05, 0) is 61.9 Å². The van der Waals surface area contributed by atoms with Crippen LogP contribution in [0.15, 0.2) is 81.9 Å². The summed E-state index contributed by atoms with van der Waals surface area (Å²) in [4.78, 5) is 42.8. The van der Waals surface area contributed by atoms with E-state index in [1.807, 2.05) is 16.7 Å². The number of rotatable bonds is 8. The quantitative estimate of drug-likeness (QED) is 0.179. The second kappa shape index (κ2) is 11.3. The number of thiazole rings is 1. The van der Waals surface area contributed by atoms with Gasteiger partial charge in [0, 0.05) is 29.7 Å². The predicted molar refractivity (Wildman–Crippen MR) is 152 cm³/mol. The Hall–Kier alpha value is -4.97. The van der Waals surface area contributed by atoms with Crippen molar-refractivity contribution >= 4 is 29.1 Å². The number of fused-ring (bicyclic) bond motifs is 1. The smallest absolute Gasteiger partial charge is 0.338 e. The van der Waals surface area contributed by atoms with Gasteiger partial charge in [-0.2, -0.15) is 0 Å². The number of carbonyl (C=O) groups excluding carboxylic acids is 1. The fraction of sp³-hybridized carbons (Fsp3) is 0.207. The maximum Gasteiger partial charge on any atom is 0.338 e.